The zero-order valence-corrected chi connectivity index (χ0v) is 11.5. The molecule has 1 N–H and O–H groups in total. The normalized spacial score (nSPS) is 12.4. The van der Waals surface area contributed by atoms with Crippen molar-refractivity contribution in [2.75, 3.05) is 7.05 Å². The maximum atomic E-state index is 13.2. The molecule has 0 aliphatic rings. The summed E-state index contributed by atoms with van der Waals surface area (Å²) in [5.41, 5.74) is 2.12. The van der Waals surface area contributed by atoms with Crippen molar-refractivity contribution in [3.05, 3.63) is 58.1 Å². The van der Waals surface area contributed by atoms with Crippen LogP contribution in [0.4, 0.5) is 4.39 Å². The van der Waals surface area contributed by atoms with E-state index < -0.39 is 0 Å². The van der Waals surface area contributed by atoms with E-state index in [1.54, 1.807) is 24.5 Å². The summed E-state index contributed by atoms with van der Waals surface area (Å²) in [4.78, 5) is 0. The summed E-state index contributed by atoms with van der Waals surface area (Å²) in [5.74, 6) is -0.245. The number of aromatic nitrogens is 2. The highest BCUT2D eigenvalue weighted by Crippen LogP contribution is 2.21. The Labute approximate surface area is 114 Å². The minimum absolute atomic E-state index is 0.137. The molecule has 2 rings (SSSR count). The third kappa shape index (κ3) is 3.11. The fraction of sp³-hybridized carbons (Fsp3) is 0.231. The Balaban J connectivity index is 2.18. The molecule has 1 heterocycles. The third-order valence-electron chi connectivity index (χ3n) is 2.78. The molecule has 0 bridgehead atoms. The lowest BCUT2D eigenvalue weighted by Gasteiger charge is -2.16. The van der Waals surface area contributed by atoms with Gasteiger partial charge in [0.15, 0.2) is 0 Å². The van der Waals surface area contributed by atoms with E-state index in [-0.39, 0.29) is 11.9 Å². The van der Waals surface area contributed by atoms with Gasteiger partial charge in [0.1, 0.15) is 5.82 Å². The SMILES string of the molecule is CNC(Cc1ccc(F)c(Br)c1)c1ccnnc1. The van der Waals surface area contributed by atoms with Gasteiger partial charge in [-0.1, -0.05) is 6.07 Å². The molecule has 0 amide bonds. The summed E-state index contributed by atoms with van der Waals surface area (Å²) in [6, 6.07) is 7.12. The van der Waals surface area contributed by atoms with Crippen LogP contribution in [0, 0.1) is 5.82 Å². The lowest BCUT2D eigenvalue weighted by Crippen LogP contribution is -2.19. The number of nitrogens with one attached hydrogen (secondary N) is 1. The fourth-order valence-corrected chi connectivity index (χ4v) is 2.22. The molecule has 2 aromatic rings. The predicted octanol–water partition coefficient (Wildman–Crippen LogP) is 2.88. The van der Waals surface area contributed by atoms with E-state index >= 15 is 0 Å². The van der Waals surface area contributed by atoms with Crippen LogP contribution >= 0.6 is 15.9 Å². The Kier molecular flexibility index (Phi) is 4.38. The molecular formula is C13H13BrFN3. The Morgan fingerprint density at radius 3 is 2.78 bits per heavy atom. The molecule has 0 fully saturated rings. The monoisotopic (exact) mass is 309 g/mol. The molecule has 0 saturated heterocycles. The molecule has 0 aliphatic carbocycles. The van der Waals surface area contributed by atoms with Crippen molar-refractivity contribution in [2.45, 2.75) is 12.5 Å². The smallest absolute Gasteiger partial charge is 0.137 e. The average Bonchev–Trinajstić information content (AvgIpc) is 2.41. The molecular weight excluding hydrogens is 297 g/mol. The van der Waals surface area contributed by atoms with Crippen molar-refractivity contribution in [1.82, 2.24) is 15.5 Å². The summed E-state index contributed by atoms with van der Waals surface area (Å²) in [6.45, 7) is 0. The van der Waals surface area contributed by atoms with E-state index in [4.69, 9.17) is 0 Å². The van der Waals surface area contributed by atoms with Gasteiger partial charge in [0.25, 0.3) is 0 Å². The van der Waals surface area contributed by atoms with Crippen LogP contribution in [-0.4, -0.2) is 17.2 Å². The predicted molar refractivity (Wildman–Crippen MR) is 71.6 cm³/mol. The lowest BCUT2D eigenvalue weighted by atomic mass is 10.0. The Bertz CT molecular complexity index is 519. The van der Waals surface area contributed by atoms with Crippen LogP contribution in [0.1, 0.15) is 17.2 Å². The fourth-order valence-electron chi connectivity index (χ4n) is 1.80. The van der Waals surface area contributed by atoms with Crippen molar-refractivity contribution >= 4 is 15.9 Å². The largest absolute Gasteiger partial charge is 0.313 e. The highest BCUT2D eigenvalue weighted by atomic mass is 79.9. The highest BCUT2D eigenvalue weighted by molar-refractivity contribution is 9.10. The maximum absolute atomic E-state index is 13.2. The Morgan fingerprint density at radius 1 is 1.33 bits per heavy atom. The number of likely N-dealkylation sites (N-methyl/N-ethyl adjacent to an activating group) is 1. The zero-order chi connectivity index (χ0) is 13.0. The van der Waals surface area contributed by atoms with Crippen LogP contribution in [0.25, 0.3) is 0 Å². The second-order valence-electron chi connectivity index (χ2n) is 3.97. The zero-order valence-electron chi connectivity index (χ0n) is 9.90. The number of hydrogen-bond acceptors (Lipinski definition) is 3. The maximum Gasteiger partial charge on any atom is 0.137 e. The van der Waals surface area contributed by atoms with E-state index in [2.05, 4.69) is 31.4 Å². The summed E-state index contributed by atoms with van der Waals surface area (Å²) in [7, 11) is 1.89. The van der Waals surface area contributed by atoms with E-state index in [9.17, 15) is 4.39 Å². The topological polar surface area (TPSA) is 37.8 Å². The number of benzene rings is 1. The number of hydrogen-bond donors (Lipinski definition) is 1. The van der Waals surface area contributed by atoms with Crippen LogP contribution in [0.15, 0.2) is 41.1 Å². The molecule has 0 aliphatic heterocycles. The van der Waals surface area contributed by atoms with Gasteiger partial charge in [0.2, 0.25) is 0 Å². The molecule has 1 aromatic carbocycles. The van der Waals surface area contributed by atoms with Gasteiger partial charge in [-0.15, -0.1) is 0 Å². The van der Waals surface area contributed by atoms with Crippen molar-refractivity contribution in [2.24, 2.45) is 0 Å². The molecule has 5 heteroatoms. The van der Waals surface area contributed by atoms with E-state index in [1.165, 1.54) is 6.07 Å². The van der Waals surface area contributed by atoms with Gasteiger partial charge in [-0.25, -0.2) is 4.39 Å². The van der Waals surface area contributed by atoms with E-state index in [0.717, 1.165) is 17.5 Å². The van der Waals surface area contributed by atoms with Gasteiger partial charge in [0, 0.05) is 12.2 Å². The summed E-state index contributed by atoms with van der Waals surface area (Å²) in [6.07, 6.45) is 4.17. The van der Waals surface area contributed by atoms with E-state index in [1.807, 2.05) is 13.1 Å². The lowest BCUT2D eigenvalue weighted by molar-refractivity contribution is 0.584. The van der Waals surface area contributed by atoms with Crippen molar-refractivity contribution in [1.29, 1.82) is 0 Å². The molecule has 18 heavy (non-hydrogen) atoms. The first-order valence-electron chi connectivity index (χ1n) is 5.58. The quantitative estimate of drug-likeness (QED) is 0.943. The van der Waals surface area contributed by atoms with Crippen molar-refractivity contribution in [3.63, 3.8) is 0 Å². The van der Waals surface area contributed by atoms with Gasteiger partial charge in [-0.2, -0.15) is 10.2 Å². The van der Waals surface area contributed by atoms with Crippen LogP contribution in [0.5, 0.6) is 0 Å². The Morgan fingerprint density at radius 2 is 2.17 bits per heavy atom. The number of nitrogens with zero attached hydrogens (tertiary/aromatic N) is 2. The second kappa shape index (κ2) is 6.02. The second-order valence-corrected chi connectivity index (χ2v) is 4.82. The van der Waals surface area contributed by atoms with Crippen molar-refractivity contribution < 1.29 is 4.39 Å². The molecule has 0 spiro atoms. The Hall–Kier alpha value is -1.33. The first kappa shape index (κ1) is 13.1. The van der Waals surface area contributed by atoms with Gasteiger partial charge in [-0.05, 0) is 58.7 Å². The van der Waals surface area contributed by atoms with Crippen molar-refractivity contribution in [3.8, 4) is 0 Å². The molecule has 94 valence electrons. The van der Waals surface area contributed by atoms with E-state index in [0.29, 0.717) is 4.47 Å². The first-order valence-corrected chi connectivity index (χ1v) is 6.38. The molecule has 1 atom stereocenters. The summed E-state index contributed by atoms with van der Waals surface area (Å²) < 4.78 is 13.6. The minimum atomic E-state index is -0.245. The van der Waals surface area contributed by atoms with Gasteiger partial charge in [-0.3, -0.25) is 0 Å². The van der Waals surface area contributed by atoms with Crippen LogP contribution in [0.3, 0.4) is 0 Å². The molecule has 1 aromatic heterocycles. The molecule has 3 nitrogen and oxygen atoms in total. The number of rotatable bonds is 4. The van der Waals surface area contributed by atoms with Gasteiger partial charge >= 0.3 is 0 Å². The summed E-state index contributed by atoms with van der Waals surface area (Å²) in [5, 5.41) is 10.9. The molecule has 1 unspecified atom stereocenters. The average molecular weight is 310 g/mol. The minimum Gasteiger partial charge on any atom is -0.313 e. The van der Waals surface area contributed by atoms with Gasteiger partial charge in [0.05, 0.1) is 10.7 Å². The standard InChI is InChI=1S/C13H13BrFN3/c1-16-13(10-4-5-17-18-8-10)7-9-2-3-12(15)11(14)6-9/h2-6,8,13,16H,7H2,1H3. The highest BCUT2D eigenvalue weighted by Gasteiger charge is 2.11. The van der Waals surface area contributed by atoms with Crippen LogP contribution < -0.4 is 5.32 Å². The molecule has 0 saturated carbocycles. The van der Waals surface area contributed by atoms with Crippen LogP contribution in [0.2, 0.25) is 0 Å². The third-order valence-corrected chi connectivity index (χ3v) is 3.39. The van der Waals surface area contributed by atoms with Crippen LogP contribution in [-0.2, 0) is 6.42 Å². The number of halogens is 2. The summed E-state index contributed by atoms with van der Waals surface area (Å²) >= 11 is 3.20. The first-order chi connectivity index (χ1) is 8.70. The van der Waals surface area contributed by atoms with Gasteiger partial charge < -0.3 is 5.32 Å². The molecule has 0 radical (unpaired) electrons.